The summed E-state index contributed by atoms with van der Waals surface area (Å²) in [5.74, 6) is -0.00585. The maximum atomic E-state index is 12.4. The second kappa shape index (κ2) is 6.67. The van der Waals surface area contributed by atoms with E-state index in [1.54, 1.807) is 6.08 Å². The van der Waals surface area contributed by atoms with Crippen LogP contribution in [0.25, 0.3) is 16.6 Å². The van der Waals surface area contributed by atoms with E-state index < -0.39 is 0 Å². The standard InChI is InChI=1S/C19H17N2OS/c1-14-18(23-19(20-14)16-8-4-3-5-9-16)17(22)11-10-15-7-6-12-21(2)13-15/h3-13H,1-2H3/q+1/b11-10+. The molecule has 0 amide bonds. The summed E-state index contributed by atoms with van der Waals surface area (Å²) < 4.78 is 1.95. The third-order valence-electron chi connectivity index (χ3n) is 3.43. The molecule has 0 fully saturated rings. The van der Waals surface area contributed by atoms with Gasteiger partial charge in [-0.05, 0) is 25.1 Å². The summed E-state index contributed by atoms with van der Waals surface area (Å²) in [5.41, 5.74) is 2.81. The molecule has 2 aromatic heterocycles. The first-order chi connectivity index (χ1) is 11.1. The Balaban J connectivity index is 1.84. The molecule has 3 aromatic rings. The fourth-order valence-corrected chi connectivity index (χ4v) is 3.28. The van der Waals surface area contributed by atoms with Crippen LogP contribution in [0.4, 0.5) is 0 Å². The number of carbonyl (C=O) groups excluding carboxylic acids is 1. The molecule has 0 saturated carbocycles. The van der Waals surface area contributed by atoms with Crippen molar-refractivity contribution in [1.82, 2.24) is 4.98 Å². The second-order valence-electron chi connectivity index (χ2n) is 5.30. The number of carbonyl (C=O) groups is 1. The van der Waals surface area contributed by atoms with E-state index >= 15 is 0 Å². The molecule has 0 N–H and O–H groups in total. The highest BCUT2D eigenvalue weighted by molar-refractivity contribution is 7.17. The van der Waals surface area contributed by atoms with Crippen LogP contribution in [0.2, 0.25) is 0 Å². The number of hydrogen-bond donors (Lipinski definition) is 0. The van der Waals surface area contributed by atoms with E-state index in [1.807, 2.05) is 79.5 Å². The minimum Gasteiger partial charge on any atom is -0.288 e. The van der Waals surface area contributed by atoms with Crippen LogP contribution in [-0.4, -0.2) is 10.8 Å². The fourth-order valence-electron chi connectivity index (χ4n) is 2.29. The van der Waals surface area contributed by atoms with Gasteiger partial charge in [-0.15, -0.1) is 11.3 Å². The molecule has 0 bridgehead atoms. The molecule has 0 atom stereocenters. The molecule has 0 spiro atoms. The van der Waals surface area contributed by atoms with Gasteiger partial charge in [0.2, 0.25) is 0 Å². The molecule has 0 radical (unpaired) electrons. The monoisotopic (exact) mass is 321 g/mol. The highest BCUT2D eigenvalue weighted by atomic mass is 32.1. The normalized spacial score (nSPS) is 11.0. The van der Waals surface area contributed by atoms with Crippen molar-refractivity contribution in [2.45, 2.75) is 6.92 Å². The lowest BCUT2D eigenvalue weighted by Crippen LogP contribution is -2.26. The molecule has 0 saturated heterocycles. The van der Waals surface area contributed by atoms with Gasteiger partial charge in [-0.1, -0.05) is 30.3 Å². The minimum atomic E-state index is -0.00585. The number of aryl methyl sites for hydroxylation is 2. The average molecular weight is 321 g/mol. The van der Waals surface area contributed by atoms with E-state index in [2.05, 4.69) is 4.98 Å². The topological polar surface area (TPSA) is 33.8 Å². The maximum absolute atomic E-state index is 12.4. The van der Waals surface area contributed by atoms with Gasteiger partial charge in [-0.2, -0.15) is 0 Å². The summed E-state index contributed by atoms with van der Waals surface area (Å²) in [6.07, 6.45) is 7.38. The van der Waals surface area contributed by atoms with Gasteiger partial charge in [0, 0.05) is 17.2 Å². The van der Waals surface area contributed by atoms with Crippen LogP contribution >= 0.6 is 11.3 Å². The van der Waals surface area contributed by atoms with Crippen molar-refractivity contribution >= 4 is 23.2 Å². The highest BCUT2D eigenvalue weighted by Gasteiger charge is 2.14. The Kier molecular flexibility index (Phi) is 4.44. The lowest BCUT2D eigenvalue weighted by atomic mass is 10.2. The molecule has 4 heteroatoms. The number of aromatic nitrogens is 2. The lowest BCUT2D eigenvalue weighted by Gasteiger charge is -1.93. The van der Waals surface area contributed by atoms with Crippen molar-refractivity contribution in [3.8, 4) is 10.6 Å². The highest BCUT2D eigenvalue weighted by Crippen LogP contribution is 2.28. The van der Waals surface area contributed by atoms with Gasteiger partial charge in [-0.25, -0.2) is 9.55 Å². The number of hydrogen-bond acceptors (Lipinski definition) is 3. The predicted molar refractivity (Wildman–Crippen MR) is 93.3 cm³/mol. The summed E-state index contributed by atoms with van der Waals surface area (Å²) in [6, 6.07) is 13.9. The van der Waals surface area contributed by atoms with E-state index in [0.29, 0.717) is 4.88 Å². The van der Waals surface area contributed by atoms with Crippen LogP contribution in [0.3, 0.4) is 0 Å². The first-order valence-corrected chi connectivity index (χ1v) is 8.16. The zero-order valence-corrected chi connectivity index (χ0v) is 13.9. The van der Waals surface area contributed by atoms with E-state index in [0.717, 1.165) is 21.8 Å². The number of pyridine rings is 1. The van der Waals surface area contributed by atoms with E-state index in [1.165, 1.54) is 11.3 Å². The van der Waals surface area contributed by atoms with Gasteiger partial charge in [0.1, 0.15) is 12.1 Å². The molecule has 0 unspecified atom stereocenters. The SMILES string of the molecule is Cc1nc(-c2ccccc2)sc1C(=O)/C=C/c1ccc[n+](C)c1. The first-order valence-electron chi connectivity index (χ1n) is 7.34. The Hall–Kier alpha value is -2.59. The third kappa shape index (κ3) is 3.60. The molecular formula is C19H17N2OS+. The van der Waals surface area contributed by atoms with Crippen molar-refractivity contribution in [3.05, 3.63) is 77.1 Å². The van der Waals surface area contributed by atoms with Crippen LogP contribution < -0.4 is 4.57 Å². The maximum Gasteiger partial charge on any atom is 0.197 e. The number of allylic oxidation sites excluding steroid dienone is 1. The van der Waals surface area contributed by atoms with Gasteiger partial charge in [-0.3, -0.25) is 4.79 Å². The first kappa shape index (κ1) is 15.3. The minimum absolute atomic E-state index is 0.00585. The van der Waals surface area contributed by atoms with Gasteiger partial charge < -0.3 is 0 Å². The van der Waals surface area contributed by atoms with E-state index in [4.69, 9.17) is 0 Å². The predicted octanol–water partition coefficient (Wildman–Crippen LogP) is 3.84. The quantitative estimate of drug-likeness (QED) is 0.416. The Bertz CT molecular complexity index is 866. The summed E-state index contributed by atoms with van der Waals surface area (Å²) in [5, 5.41) is 0.881. The third-order valence-corrected chi connectivity index (χ3v) is 4.65. The Morgan fingerprint density at radius 3 is 2.70 bits per heavy atom. The van der Waals surface area contributed by atoms with Crippen molar-refractivity contribution in [3.63, 3.8) is 0 Å². The zero-order valence-electron chi connectivity index (χ0n) is 13.1. The number of nitrogens with zero attached hydrogens (tertiary/aromatic N) is 2. The summed E-state index contributed by atoms with van der Waals surface area (Å²) in [6.45, 7) is 1.88. The number of benzene rings is 1. The van der Waals surface area contributed by atoms with Gasteiger partial charge >= 0.3 is 0 Å². The molecule has 3 rings (SSSR count). The number of ketones is 1. The van der Waals surface area contributed by atoms with Crippen molar-refractivity contribution in [2.24, 2.45) is 7.05 Å². The Morgan fingerprint density at radius 1 is 1.17 bits per heavy atom. The van der Waals surface area contributed by atoms with Gasteiger partial charge in [0.25, 0.3) is 0 Å². The molecule has 0 aliphatic heterocycles. The molecule has 23 heavy (non-hydrogen) atoms. The van der Waals surface area contributed by atoms with E-state index in [-0.39, 0.29) is 5.78 Å². The molecule has 114 valence electrons. The molecule has 3 nitrogen and oxygen atoms in total. The van der Waals surface area contributed by atoms with Crippen molar-refractivity contribution in [1.29, 1.82) is 0 Å². The van der Waals surface area contributed by atoms with Crippen LogP contribution in [0.1, 0.15) is 20.9 Å². The molecule has 1 aromatic carbocycles. The smallest absolute Gasteiger partial charge is 0.197 e. The van der Waals surface area contributed by atoms with Crippen molar-refractivity contribution < 1.29 is 9.36 Å². The number of rotatable bonds is 4. The lowest BCUT2D eigenvalue weighted by molar-refractivity contribution is -0.671. The summed E-state index contributed by atoms with van der Waals surface area (Å²) in [7, 11) is 1.96. The Labute approximate surface area is 139 Å². The van der Waals surface area contributed by atoms with Gasteiger partial charge in [0.15, 0.2) is 18.2 Å². The average Bonchev–Trinajstić information content (AvgIpc) is 2.95. The summed E-state index contributed by atoms with van der Waals surface area (Å²) >= 11 is 1.44. The second-order valence-corrected chi connectivity index (χ2v) is 6.30. The number of thiazole rings is 1. The molecule has 0 aliphatic rings. The Morgan fingerprint density at radius 2 is 1.96 bits per heavy atom. The zero-order chi connectivity index (χ0) is 16.2. The van der Waals surface area contributed by atoms with Crippen LogP contribution in [-0.2, 0) is 7.05 Å². The van der Waals surface area contributed by atoms with Crippen LogP contribution in [0.15, 0.2) is 60.9 Å². The molecule has 2 heterocycles. The van der Waals surface area contributed by atoms with Crippen LogP contribution in [0, 0.1) is 6.92 Å². The van der Waals surface area contributed by atoms with E-state index in [9.17, 15) is 4.79 Å². The summed E-state index contributed by atoms with van der Waals surface area (Å²) in [4.78, 5) is 17.7. The largest absolute Gasteiger partial charge is 0.288 e. The molecule has 0 aliphatic carbocycles. The van der Waals surface area contributed by atoms with Crippen LogP contribution in [0.5, 0.6) is 0 Å². The molecular weight excluding hydrogens is 304 g/mol. The van der Waals surface area contributed by atoms with Gasteiger partial charge in [0.05, 0.1) is 10.6 Å². The fraction of sp³-hybridized carbons (Fsp3) is 0.105. The van der Waals surface area contributed by atoms with Crippen molar-refractivity contribution in [2.75, 3.05) is 0 Å².